The van der Waals surface area contributed by atoms with Crippen LogP contribution in [0.3, 0.4) is 0 Å². The fourth-order valence-corrected chi connectivity index (χ4v) is 7.22. The molecule has 5 aromatic rings. The van der Waals surface area contributed by atoms with Gasteiger partial charge in [-0.05, 0) is 77.5 Å². The van der Waals surface area contributed by atoms with E-state index in [1.165, 1.54) is 18.2 Å². The van der Waals surface area contributed by atoms with Gasteiger partial charge in [0.1, 0.15) is 17.0 Å². The van der Waals surface area contributed by atoms with Gasteiger partial charge in [-0.15, -0.1) is 0 Å². The predicted molar refractivity (Wildman–Crippen MR) is 174 cm³/mol. The molecule has 1 N–H and O–H groups in total. The summed E-state index contributed by atoms with van der Waals surface area (Å²) in [4.78, 5) is 23.8. The van der Waals surface area contributed by atoms with Crippen molar-refractivity contribution in [3.8, 4) is 11.1 Å². The first-order valence-corrected chi connectivity index (χ1v) is 15.8. The Balaban J connectivity index is 1.03. The third kappa shape index (κ3) is 5.37. The Labute approximate surface area is 262 Å². The monoisotopic (exact) mass is 605 g/mol. The van der Waals surface area contributed by atoms with Crippen LogP contribution in [-0.2, 0) is 23.8 Å². The molecule has 2 aliphatic rings. The summed E-state index contributed by atoms with van der Waals surface area (Å²) in [6, 6.07) is 27.6. The number of nitrogens with zero attached hydrogens (tertiary/aromatic N) is 4. The molecule has 0 spiro atoms. The number of carbonyl (C=O) groups is 1. The van der Waals surface area contributed by atoms with Crippen molar-refractivity contribution in [3.05, 3.63) is 119 Å². The molecule has 1 aliphatic heterocycles. The highest BCUT2D eigenvalue weighted by atomic mass is 19.1. The van der Waals surface area contributed by atoms with E-state index >= 15 is 0 Å². The van der Waals surface area contributed by atoms with Crippen LogP contribution in [0.2, 0.25) is 0 Å². The third-order valence-corrected chi connectivity index (χ3v) is 9.57. The van der Waals surface area contributed by atoms with Crippen LogP contribution in [0.1, 0.15) is 36.0 Å². The maximum Gasteiger partial charge on any atom is 0.235 e. The number of benzene rings is 4. The van der Waals surface area contributed by atoms with Crippen LogP contribution >= 0.6 is 0 Å². The summed E-state index contributed by atoms with van der Waals surface area (Å²) in [6.45, 7) is 4.86. The number of anilines is 1. The fraction of sp³-hybridized carbons (Fsp3) is 0.297. The SMILES string of the molecule is Cn1c(N2CCN(CCCCC3(C(=O)NCc4ccc(F)cc4)c4ccccc4-c4ccccc43)CC2)nc2ccc(F)cc21. The number of carbonyl (C=O) groups excluding carboxylic acids is 1. The summed E-state index contributed by atoms with van der Waals surface area (Å²) in [5, 5.41) is 3.20. The molecule has 45 heavy (non-hydrogen) atoms. The van der Waals surface area contributed by atoms with E-state index in [1.54, 1.807) is 24.3 Å². The minimum Gasteiger partial charge on any atom is -0.351 e. The van der Waals surface area contributed by atoms with Crippen molar-refractivity contribution in [1.82, 2.24) is 19.8 Å². The number of aryl methyl sites for hydroxylation is 1. The van der Waals surface area contributed by atoms with E-state index in [1.807, 2.05) is 35.9 Å². The molecule has 0 bridgehead atoms. The second-order valence-corrected chi connectivity index (χ2v) is 12.2. The number of halogens is 2. The van der Waals surface area contributed by atoms with Crippen molar-refractivity contribution in [1.29, 1.82) is 0 Å². The average molecular weight is 606 g/mol. The number of piperazine rings is 1. The number of fused-ring (bicyclic) bond motifs is 4. The number of amides is 1. The van der Waals surface area contributed by atoms with Crippen LogP contribution in [0, 0.1) is 11.6 Å². The molecule has 0 atom stereocenters. The largest absolute Gasteiger partial charge is 0.351 e. The lowest BCUT2D eigenvalue weighted by molar-refractivity contribution is -0.125. The lowest BCUT2D eigenvalue weighted by atomic mass is 9.73. The van der Waals surface area contributed by atoms with E-state index in [9.17, 15) is 13.6 Å². The highest BCUT2D eigenvalue weighted by Gasteiger charge is 2.48. The summed E-state index contributed by atoms with van der Waals surface area (Å²) in [5.41, 5.74) is 6.03. The summed E-state index contributed by atoms with van der Waals surface area (Å²) < 4.78 is 29.3. The summed E-state index contributed by atoms with van der Waals surface area (Å²) in [5.74, 6) is 0.324. The summed E-state index contributed by atoms with van der Waals surface area (Å²) in [6.07, 6.45) is 2.57. The van der Waals surface area contributed by atoms with E-state index in [0.717, 1.165) is 90.4 Å². The second kappa shape index (κ2) is 12.1. The Bertz CT molecular complexity index is 1800. The zero-order valence-corrected chi connectivity index (χ0v) is 25.5. The van der Waals surface area contributed by atoms with E-state index in [2.05, 4.69) is 39.4 Å². The van der Waals surface area contributed by atoms with Gasteiger partial charge in [-0.25, -0.2) is 13.8 Å². The number of rotatable bonds is 9. The summed E-state index contributed by atoms with van der Waals surface area (Å²) >= 11 is 0. The molecule has 7 rings (SSSR count). The van der Waals surface area contributed by atoms with E-state index in [-0.39, 0.29) is 17.5 Å². The van der Waals surface area contributed by atoms with E-state index in [4.69, 9.17) is 4.98 Å². The first-order chi connectivity index (χ1) is 21.9. The Kier molecular flexibility index (Phi) is 7.83. The van der Waals surface area contributed by atoms with Crippen LogP contribution in [0.15, 0.2) is 91.0 Å². The zero-order chi connectivity index (χ0) is 31.0. The molecule has 0 radical (unpaired) electrons. The van der Waals surface area contributed by atoms with Crippen LogP contribution in [-0.4, -0.2) is 53.1 Å². The molecule has 6 nitrogen and oxygen atoms in total. The Hall–Kier alpha value is -4.56. The number of hydrogen-bond acceptors (Lipinski definition) is 4. The average Bonchev–Trinajstić information content (AvgIpc) is 3.55. The number of nitrogens with one attached hydrogen (secondary N) is 1. The molecule has 4 aromatic carbocycles. The second-order valence-electron chi connectivity index (χ2n) is 12.2. The van der Waals surface area contributed by atoms with Gasteiger partial charge in [0.2, 0.25) is 11.9 Å². The normalized spacial score (nSPS) is 15.7. The molecule has 1 aliphatic carbocycles. The fourth-order valence-electron chi connectivity index (χ4n) is 7.22. The number of unbranched alkanes of at least 4 members (excludes halogenated alkanes) is 1. The van der Waals surface area contributed by atoms with Crippen LogP contribution < -0.4 is 10.2 Å². The van der Waals surface area contributed by atoms with Gasteiger partial charge in [-0.3, -0.25) is 9.69 Å². The number of aromatic nitrogens is 2. The van der Waals surface area contributed by atoms with Crippen molar-refractivity contribution in [2.45, 2.75) is 31.2 Å². The van der Waals surface area contributed by atoms with Crippen molar-refractivity contribution < 1.29 is 13.6 Å². The van der Waals surface area contributed by atoms with Gasteiger partial charge < -0.3 is 14.8 Å². The van der Waals surface area contributed by atoms with Gasteiger partial charge >= 0.3 is 0 Å². The molecule has 1 saturated heterocycles. The number of hydrogen-bond donors (Lipinski definition) is 1. The highest BCUT2D eigenvalue weighted by Crippen LogP contribution is 2.51. The van der Waals surface area contributed by atoms with Crippen molar-refractivity contribution in [2.24, 2.45) is 7.05 Å². The van der Waals surface area contributed by atoms with E-state index < -0.39 is 5.41 Å². The van der Waals surface area contributed by atoms with Crippen LogP contribution in [0.4, 0.5) is 14.7 Å². The van der Waals surface area contributed by atoms with Crippen LogP contribution in [0.25, 0.3) is 22.2 Å². The van der Waals surface area contributed by atoms with Crippen molar-refractivity contribution in [3.63, 3.8) is 0 Å². The van der Waals surface area contributed by atoms with Crippen molar-refractivity contribution in [2.75, 3.05) is 37.6 Å². The number of imidazole rings is 1. The molecule has 1 fully saturated rings. The van der Waals surface area contributed by atoms with Gasteiger partial charge in [0.05, 0.1) is 11.0 Å². The van der Waals surface area contributed by atoms with E-state index in [0.29, 0.717) is 13.0 Å². The molecular weight excluding hydrogens is 568 g/mol. The van der Waals surface area contributed by atoms with Gasteiger partial charge in [-0.2, -0.15) is 0 Å². The standard InChI is InChI=1S/C37H37F2N5O/c1-42-34-24-28(39)16-17-33(34)41-36(42)44-22-20-43(21-23-44)19-7-6-18-37(35(45)40-25-26-12-14-27(38)15-13-26)31-10-4-2-8-29(31)30-9-3-5-11-32(30)37/h2-5,8-17,24H,6-7,18-23,25H2,1H3,(H,40,45). The predicted octanol–water partition coefficient (Wildman–Crippen LogP) is 6.43. The van der Waals surface area contributed by atoms with Crippen LogP contribution in [0.5, 0.6) is 0 Å². The molecular formula is C37H37F2N5O. The Morgan fingerprint density at radius 1 is 0.822 bits per heavy atom. The quantitative estimate of drug-likeness (QED) is 0.197. The molecule has 8 heteroatoms. The highest BCUT2D eigenvalue weighted by molar-refractivity contribution is 6.00. The molecule has 1 amide bonds. The maximum atomic E-state index is 14.3. The molecule has 0 unspecified atom stereocenters. The lowest BCUT2D eigenvalue weighted by Gasteiger charge is -2.35. The molecule has 230 valence electrons. The van der Waals surface area contributed by atoms with Crippen molar-refractivity contribution >= 4 is 22.9 Å². The summed E-state index contributed by atoms with van der Waals surface area (Å²) in [7, 11) is 1.95. The smallest absolute Gasteiger partial charge is 0.235 e. The van der Waals surface area contributed by atoms with Gasteiger partial charge in [0.25, 0.3) is 0 Å². The Morgan fingerprint density at radius 2 is 1.47 bits per heavy atom. The zero-order valence-electron chi connectivity index (χ0n) is 25.5. The molecule has 1 aromatic heterocycles. The van der Waals surface area contributed by atoms with Gasteiger partial charge in [0.15, 0.2) is 0 Å². The minimum absolute atomic E-state index is 0.0137. The molecule has 0 saturated carbocycles. The Morgan fingerprint density at radius 3 is 2.16 bits per heavy atom. The van der Waals surface area contributed by atoms with Gasteiger partial charge in [-0.1, -0.05) is 67.1 Å². The molecule has 2 heterocycles. The maximum absolute atomic E-state index is 14.3. The topological polar surface area (TPSA) is 53.4 Å². The van der Waals surface area contributed by atoms with Gasteiger partial charge in [0, 0.05) is 39.8 Å². The first-order valence-electron chi connectivity index (χ1n) is 15.8. The minimum atomic E-state index is -0.786. The lowest BCUT2D eigenvalue weighted by Crippen LogP contribution is -2.47. The first kappa shape index (κ1) is 29.2. The third-order valence-electron chi connectivity index (χ3n) is 9.57.